The number of ether oxygens (including phenoxy) is 1. The summed E-state index contributed by atoms with van der Waals surface area (Å²) in [6, 6.07) is 9.38. The summed E-state index contributed by atoms with van der Waals surface area (Å²) in [5.74, 6) is -1.34. The van der Waals surface area contributed by atoms with Gasteiger partial charge < -0.3 is 20.0 Å². The van der Waals surface area contributed by atoms with Crippen LogP contribution in [0.2, 0.25) is 5.15 Å². The van der Waals surface area contributed by atoms with Crippen LogP contribution in [0.4, 0.5) is 5.69 Å². The summed E-state index contributed by atoms with van der Waals surface area (Å²) in [7, 11) is 0. The Morgan fingerprint density at radius 1 is 1.24 bits per heavy atom. The van der Waals surface area contributed by atoms with Crippen LogP contribution in [0.3, 0.4) is 0 Å². The summed E-state index contributed by atoms with van der Waals surface area (Å²) in [6.45, 7) is -0.531. The second kappa shape index (κ2) is 6.71. The zero-order chi connectivity index (χ0) is 15.2. The van der Waals surface area contributed by atoms with E-state index in [1.165, 1.54) is 18.3 Å². The fraction of sp³-hybridized carbons (Fsp3) is 0.0714. The van der Waals surface area contributed by atoms with E-state index in [-0.39, 0.29) is 10.7 Å². The molecule has 0 aliphatic rings. The van der Waals surface area contributed by atoms with Gasteiger partial charge in [-0.05, 0) is 36.4 Å². The summed E-state index contributed by atoms with van der Waals surface area (Å²) in [5.41, 5.74) is 0.775. The molecular formula is C14H10ClN2O4-. The lowest BCUT2D eigenvalue weighted by atomic mass is 10.2. The third-order valence-corrected chi connectivity index (χ3v) is 2.77. The highest BCUT2D eigenvalue weighted by molar-refractivity contribution is 6.33. The van der Waals surface area contributed by atoms with E-state index in [1.807, 2.05) is 0 Å². The van der Waals surface area contributed by atoms with E-state index in [2.05, 4.69) is 10.3 Å². The number of hydrogen-bond acceptors (Lipinski definition) is 5. The average molecular weight is 306 g/mol. The van der Waals surface area contributed by atoms with Gasteiger partial charge in [0, 0.05) is 11.9 Å². The highest BCUT2D eigenvalue weighted by Gasteiger charge is 2.10. The van der Waals surface area contributed by atoms with Crippen LogP contribution >= 0.6 is 11.6 Å². The molecule has 0 radical (unpaired) electrons. The van der Waals surface area contributed by atoms with Crippen molar-refractivity contribution in [2.75, 3.05) is 11.9 Å². The first kappa shape index (κ1) is 14.8. The Hall–Kier alpha value is -2.60. The average Bonchev–Trinajstić information content (AvgIpc) is 2.47. The van der Waals surface area contributed by atoms with Crippen molar-refractivity contribution >= 4 is 29.2 Å². The molecule has 0 aliphatic carbocycles. The van der Waals surface area contributed by atoms with Crippen molar-refractivity contribution in [1.82, 2.24) is 4.98 Å². The van der Waals surface area contributed by atoms with Gasteiger partial charge in [-0.25, -0.2) is 4.98 Å². The first-order valence-electron chi connectivity index (χ1n) is 5.91. The normalized spacial score (nSPS) is 9.95. The van der Waals surface area contributed by atoms with E-state index in [9.17, 15) is 14.7 Å². The molecule has 2 aromatic rings. The number of carbonyl (C=O) groups excluding carboxylic acids is 2. The summed E-state index contributed by atoms with van der Waals surface area (Å²) in [6.07, 6.45) is 1.49. The fourth-order valence-electron chi connectivity index (χ4n) is 1.53. The van der Waals surface area contributed by atoms with Gasteiger partial charge >= 0.3 is 0 Å². The zero-order valence-corrected chi connectivity index (χ0v) is 11.5. The molecule has 0 aliphatic heterocycles. The molecule has 1 heterocycles. The smallest absolute Gasteiger partial charge is 0.258 e. The number of pyridine rings is 1. The number of rotatable bonds is 5. The van der Waals surface area contributed by atoms with E-state index in [1.54, 1.807) is 24.3 Å². The Morgan fingerprint density at radius 3 is 2.57 bits per heavy atom. The maximum atomic E-state index is 12.0. The molecule has 1 amide bonds. The molecular weight excluding hydrogens is 296 g/mol. The zero-order valence-electron chi connectivity index (χ0n) is 10.7. The predicted molar refractivity (Wildman–Crippen MR) is 74.1 cm³/mol. The Kier molecular flexibility index (Phi) is 4.73. The van der Waals surface area contributed by atoms with Gasteiger partial charge in [-0.1, -0.05) is 11.6 Å². The van der Waals surface area contributed by atoms with E-state index in [0.717, 1.165) is 0 Å². The molecule has 6 nitrogen and oxygen atoms in total. The van der Waals surface area contributed by atoms with Crippen LogP contribution in [-0.2, 0) is 4.79 Å². The molecule has 0 bridgehead atoms. The van der Waals surface area contributed by atoms with Crippen molar-refractivity contribution < 1.29 is 19.4 Å². The van der Waals surface area contributed by atoms with Crippen LogP contribution in [0.25, 0.3) is 0 Å². The van der Waals surface area contributed by atoms with Gasteiger partial charge in [-0.3, -0.25) is 4.79 Å². The van der Waals surface area contributed by atoms with E-state index >= 15 is 0 Å². The molecule has 0 atom stereocenters. The summed E-state index contributed by atoms with van der Waals surface area (Å²) in [4.78, 5) is 26.1. The minimum absolute atomic E-state index is 0.115. The number of carbonyl (C=O) groups is 2. The number of carboxylic acid groups (broad SMARTS) is 1. The first-order valence-corrected chi connectivity index (χ1v) is 6.28. The lowest BCUT2D eigenvalue weighted by Crippen LogP contribution is -2.28. The molecule has 2 rings (SSSR count). The highest BCUT2D eigenvalue weighted by atomic mass is 35.5. The SMILES string of the molecule is O=C([O-])COc1ccc(NC(=O)c2cccnc2Cl)cc1. The topological polar surface area (TPSA) is 91.4 Å². The fourth-order valence-corrected chi connectivity index (χ4v) is 1.74. The Bertz CT molecular complexity index is 658. The molecule has 0 saturated carbocycles. The number of aromatic nitrogens is 1. The number of amides is 1. The summed E-state index contributed by atoms with van der Waals surface area (Å²) < 4.78 is 4.93. The number of carboxylic acids is 1. The number of hydrogen-bond donors (Lipinski definition) is 1. The third kappa shape index (κ3) is 4.19. The maximum Gasteiger partial charge on any atom is 0.258 e. The van der Waals surface area contributed by atoms with E-state index in [4.69, 9.17) is 16.3 Å². The monoisotopic (exact) mass is 305 g/mol. The standard InChI is InChI=1S/C14H11ClN2O4/c15-13-11(2-1-7-16-13)14(20)17-9-3-5-10(6-4-9)21-8-12(18)19/h1-7H,8H2,(H,17,20)(H,18,19)/p-1. The van der Waals surface area contributed by atoms with Crippen molar-refractivity contribution in [1.29, 1.82) is 0 Å². The van der Waals surface area contributed by atoms with E-state index in [0.29, 0.717) is 11.4 Å². The van der Waals surface area contributed by atoms with Crippen molar-refractivity contribution in [2.45, 2.75) is 0 Å². The van der Waals surface area contributed by atoms with Gasteiger partial charge in [-0.15, -0.1) is 0 Å². The van der Waals surface area contributed by atoms with Gasteiger partial charge in [0.2, 0.25) is 0 Å². The molecule has 21 heavy (non-hydrogen) atoms. The lowest BCUT2D eigenvalue weighted by molar-refractivity contribution is -0.307. The van der Waals surface area contributed by atoms with Gasteiger partial charge in [0.15, 0.2) is 0 Å². The first-order chi connectivity index (χ1) is 10.1. The van der Waals surface area contributed by atoms with E-state index < -0.39 is 18.5 Å². The Balaban J connectivity index is 2.02. The van der Waals surface area contributed by atoms with Crippen LogP contribution in [-0.4, -0.2) is 23.5 Å². The van der Waals surface area contributed by atoms with Crippen molar-refractivity contribution in [3.05, 3.63) is 53.3 Å². The molecule has 108 valence electrons. The van der Waals surface area contributed by atoms with Crippen molar-refractivity contribution in [3.63, 3.8) is 0 Å². The molecule has 0 spiro atoms. The number of benzene rings is 1. The number of nitrogens with one attached hydrogen (secondary N) is 1. The molecule has 0 fully saturated rings. The Morgan fingerprint density at radius 2 is 1.95 bits per heavy atom. The molecule has 7 heteroatoms. The van der Waals surface area contributed by atoms with Crippen molar-refractivity contribution in [3.8, 4) is 5.75 Å². The molecule has 1 aromatic carbocycles. The third-order valence-electron chi connectivity index (χ3n) is 2.47. The predicted octanol–water partition coefficient (Wildman–Crippen LogP) is 1.12. The summed E-state index contributed by atoms with van der Waals surface area (Å²) >= 11 is 5.83. The minimum Gasteiger partial charge on any atom is -0.546 e. The van der Waals surface area contributed by atoms with Crippen LogP contribution in [0.5, 0.6) is 5.75 Å². The van der Waals surface area contributed by atoms with Crippen LogP contribution < -0.4 is 15.2 Å². The maximum absolute atomic E-state index is 12.0. The van der Waals surface area contributed by atoms with Crippen LogP contribution in [0, 0.1) is 0 Å². The molecule has 0 unspecified atom stereocenters. The molecule has 1 N–H and O–H groups in total. The van der Waals surface area contributed by atoms with Gasteiger partial charge in [0.05, 0.1) is 11.5 Å². The summed E-state index contributed by atoms with van der Waals surface area (Å²) in [5, 5.41) is 13.0. The van der Waals surface area contributed by atoms with Gasteiger partial charge in [0.1, 0.15) is 17.5 Å². The van der Waals surface area contributed by atoms with Gasteiger partial charge in [-0.2, -0.15) is 0 Å². The lowest BCUT2D eigenvalue weighted by Gasteiger charge is -2.09. The molecule has 0 saturated heterocycles. The number of nitrogens with zero attached hydrogens (tertiary/aromatic N) is 1. The minimum atomic E-state index is -1.31. The number of anilines is 1. The second-order valence-corrected chi connectivity index (χ2v) is 4.34. The van der Waals surface area contributed by atoms with Crippen LogP contribution in [0.1, 0.15) is 10.4 Å². The number of halogens is 1. The van der Waals surface area contributed by atoms with Crippen molar-refractivity contribution in [2.24, 2.45) is 0 Å². The quantitative estimate of drug-likeness (QED) is 0.836. The second-order valence-electron chi connectivity index (χ2n) is 3.98. The number of aliphatic carboxylic acids is 1. The van der Waals surface area contributed by atoms with Crippen LogP contribution in [0.15, 0.2) is 42.6 Å². The highest BCUT2D eigenvalue weighted by Crippen LogP contribution is 2.18. The van der Waals surface area contributed by atoms with Gasteiger partial charge in [0.25, 0.3) is 5.91 Å². The largest absolute Gasteiger partial charge is 0.546 e. The Labute approximate surface area is 125 Å². The molecule has 1 aromatic heterocycles.